The zero-order valence-electron chi connectivity index (χ0n) is 15.9. The maximum absolute atomic E-state index is 13.3. The fraction of sp³-hybridized carbons (Fsp3) is 0.571. The molecule has 1 amide bonds. The zero-order valence-corrected chi connectivity index (χ0v) is 15.9. The average Bonchev–Trinajstić information content (AvgIpc) is 3.09. The molecule has 1 heterocycles. The summed E-state index contributed by atoms with van der Waals surface area (Å²) in [6.07, 6.45) is 5.98. The molecule has 144 valence electrons. The Labute approximate surface area is 158 Å². The lowest BCUT2D eigenvalue weighted by molar-refractivity contribution is -0.124. The molecule has 0 aliphatic heterocycles. The van der Waals surface area contributed by atoms with Crippen molar-refractivity contribution in [3.05, 3.63) is 47.4 Å². The first-order valence-electron chi connectivity index (χ1n) is 9.79. The van der Waals surface area contributed by atoms with Gasteiger partial charge in [-0.1, -0.05) is 44.0 Å². The highest BCUT2D eigenvalue weighted by atomic mass is 19.1. The van der Waals surface area contributed by atoms with Crippen molar-refractivity contribution in [2.24, 2.45) is 5.41 Å². The molecular weight excluding hydrogens is 345 g/mol. The van der Waals surface area contributed by atoms with Crippen molar-refractivity contribution < 1.29 is 13.7 Å². The highest BCUT2D eigenvalue weighted by Crippen LogP contribution is 2.64. The van der Waals surface area contributed by atoms with Gasteiger partial charge in [-0.25, -0.2) is 4.39 Å². The zero-order chi connectivity index (χ0) is 19.1. The number of aromatic nitrogens is 2. The Balaban J connectivity index is 1.37. The van der Waals surface area contributed by atoms with Crippen molar-refractivity contribution in [3.8, 4) is 0 Å². The predicted molar refractivity (Wildman–Crippen MR) is 98.7 cm³/mol. The highest BCUT2D eigenvalue weighted by molar-refractivity contribution is 5.93. The van der Waals surface area contributed by atoms with Crippen LogP contribution in [-0.4, -0.2) is 22.6 Å². The monoisotopic (exact) mass is 371 g/mol. The minimum atomic E-state index is -0.590. The van der Waals surface area contributed by atoms with Crippen molar-refractivity contribution in [1.82, 2.24) is 15.5 Å². The summed E-state index contributed by atoms with van der Waals surface area (Å²) in [5, 5.41) is 7.08. The van der Waals surface area contributed by atoms with Gasteiger partial charge in [0.05, 0.1) is 5.41 Å². The van der Waals surface area contributed by atoms with E-state index in [1.54, 1.807) is 12.1 Å². The molecule has 1 N–H and O–H groups in total. The van der Waals surface area contributed by atoms with Crippen LogP contribution < -0.4 is 5.32 Å². The molecule has 6 heteroatoms. The molecule has 27 heavy (non-hydrogen) atoms. The lowest BCUT2D eigenvalue weighted by atomic mass is 9.87. The number of nitrogens with zero attached hydrogens (tertiary/aromatic N) is 2. The molecule has 2 fully saturated rings. The number of halogens is 1. The van der Waals surface area contributed by atoms with Crippen LogP contribution in [0.15, 0.2) is 28.8 Å². The number of nitrogens with one attached hydrogen (secondary N) is 1. The predicted octanol–water partition coefficient (Wildman–Crippen LogP) is 3.89. The van der Waals surface area contributed by atoms with Crippen molar-refractivity contribution in [1.29, 1.82) is 0 Å². The van der Waals surface area contributed by atoms with E-state index in [0.717, 1.165) is 30.7 Å². The SMILES string of the molecule is CC1(C)C[C@]1(C(=O)NCCc1noc(C2CCCC2)n1)c1ccc(F)cc1. The van der Waals surface area contributed by atoms with Crippen molar-refractivity contribution in [2.45, 2.75) is 63.7 Å². The van der Waals surface area contributed by atoms with Crippen LogP contribution in [0.1, 0.15) is 69.1 Å². The van der Waals surface area contributed by atoms with Gasteiger partial charge in [-0.3, -0.25) is 4.79 Å². The number of hydrogen-bond donors (Lipinski definition) is 1. The molecule has 0 radical (unpaired) electrons. The molecular formula is C21H26FN3O2. The quantitative estimate of drug-likeness (QED) is 0.836. The number of carbonyl (C=O) groups is 1. The Bertz CT molecular complexity index is 824. The number of rotatable bonds is 6. The Kier molecular flexibility index (Phi) is 4.52. The molecule has 5 nitrogen and oxygen atoms in total. The molecule has 1 aromatic heterocycles. The Morgan fingerprint density at radius 1 is 1.26 bits per heavy atom. The second-order valence-electron chi connectivity index (χ2n) is 8.51. The number of benzene rings is 1. The summed E-state index contributed by atoms with van der Waals surface area (Å²) >= 11 is 0. The number of amides is 1. The van der Waals surface area contributed by atoms with E-state index in [9.17, 15) is 9.18 Å². The topological polar surface area (TPSA) is 68.0 Å². The van der Waals surface area contributed by atoms with E-state index >= 15 is 0 Å². The van der Waals surface area contributed by atoms with Crippen LogP contribution >= 0.6 is 0 Å². The first-order chi connectivity index (χ1) is 12.9. The van der Waals surface area contributed by atoms with Gasteiger partial charge in [0.2, 0.25) is 11.8 Å². The second-order valence-corrected chi connectivity index (χ2v) is 8.51. The number of hydrogen-bond acceptors (Lipinski definition) is 4. The first-order valence-corrected chi connectivity index (χ1v) is 9.79. The maximum atomic E-state index is 13.3. The standard InChI is InChI=1S/C21H26FN3O2/c1-20(2)13-21(20,15-7-9-16(22)10-8-15)19(26)23-12-11-17-24-18(27-25-17)14-5-3-4-6-14/h7-10,14H,3-6,11-13H2,1-2H3,(H,23,26)/t21-/m1/s1. The molecule has 2 saturated carbocycles. The summed E-state index contributed by atoms with van der Waals surface area (Å²) in [6, 6.07) is 6.28. The number of carbonyl (C=O) groups excluding carboxylic acids is 1. The van der Waals surface area contributed by atoms with E-state index in [0.29, 0.717) is 24.7 Å². The fourth-order valence-corrected chi connectivity index (χ4v) is 4.51. The molecule has 1 atom stereocenters. The van der Waals surface area contributed by atoms with E-state index in [4.69, 9.17) is 4.52 Å². The van der Waals surface area contributed by atoms with E-state index in [-0.39, 0.29) is 17.1 Å². The molecule has 0 bridgehead atoms. The molecule has 0 unspecified atom stereocenters. The van der Waals surface area contributed by atoms with E-state index in [1.807, 2.05) is 0 Å². The normalized spacial score (nSPS) is 24.1. The van der Waals surface area contributed by atoms with Crippen LogP contribution in [0.3, 0.4) is 0 Å². The second kappa shape index (κ2) is 6.73. The van der Waals surface area contributed by atoms with E-state index in [2.05, 4.69) is 29.3 Å². The molecule has 2 aromatic rings. The van der Waals surface area contributed by atoms with Gasteiger partial charge in [0.25, 0.3) is 0 Å². The molecule has 0 saturated heterocycles. The average molecular weight is 371 g/mol. The smallest absolute Gasteiger partial charge is 0.231 e. The van der Waals surface area contributed by atoms with Gasteiger partial charge in [-0.05, 0) is 42.4 Å². The molecule has 4 rings (SSSR count). The third-order valence-electron chi connectivity index (χ3n) is 6.28. The summed E-state index contributed by atoms with van der Waals surface area (Å²) in [5.74, 6) is 1.47. The molecule has 2 aliphatic carbocycles. The van der Waals surface area contributed by atoms with Gasteiger partial charge in [0.1, 0.15) is 5.82 Å². The van der Waals surface area contributed by atoms with Gasteiger partial charge >= 0.3 is 0 Å². The Morgan fingerprint density at radius 3 is 2.56 bits per heavy atom. The van der Waals surface area contributed by atoms with Crippen molar-refractivity contribution >= 4 is 5.91 Å². The van der Waals surface area contributed by atoms with Gasteiger partial charge in [0.15, 0.2) is 5.82 Å². The summed E-state index contributed by atoms with van der Waals surface area (Å²) in [4.78, 5) is 17.5. The van der Waals surface area contributed by atoms with Crippen LogP contribution in [-0.2, 0) is 16.6 Å². The third kappa shape index (κ3) is 3.26. The summed E-state index contributed by atoms with van der Waals surface area (Å²) in [5.41, 5.74) is 0.137. The minimum absolute atomic E-state index is 0.0152. The van der Waals surface area contributed by atoms with Crippen molar-refractivity contribution in [2.75, 3.05) is 6.54 Å². The summed E-state index contributed by atoms with van der Waals surface area (Å²) in [6.45, 7) is 4.60. The summed E-state index contributed by atoms with van der Waals surface area (Å²) in [7, 11) is 0. The van der Waals surface area contributed by atoms with Gasteiger partial charge in [-0.15, -0.1) is 0 Å². The largest absolute Gasteiger partial charge is 0.355 e. The lowest BCUT2D eigenvalue weighted by Gasteiger charge is -2.20. The van der Waals surface area contributed by atoms with E-state index < -0.39 is 5.41 Å². The molecule has 1 aromatic carbocycles. The minimum Gasteiger partial charge on any atom is -0.355 e. The fourth-order valence-electron chi connectivity index (χ4n) is 4.51. The van der Waals surface area contributed by atoms with Gasteiger partial charge < -0.3 is 9.84 Å². The van der Waals surface area contributed by atoms with Crippen molar-refractivity contribution in [3.63, 3.8) is 0 Å². The Hall–Kier alpha value is -2.24. The van der Waals surface area contributed by atoms with Gasteiger partial charge in [-0.2, -0.15) is 4.98 Å². The van der Waals surface area contributed by atoms with E-state index in [1.165, 1.54) is 25.0 Å². The lowest BCUT2D eigenvalue weighted by Crippen LogP contribution is -2.38. The molecule has 2 aliphatic rings. The van der Waals surface area contributed by atoms with Crippen LogP contribution in [0.4, 0.5) is 4.39 Å². The summed E-state index contributed by atoms with van der Waals surface area (Å²) < 4.78 is 18.7. The van der Waals surface area contributed by atoms with Crippen LogP contribution in [0.5, 0.6) is 0 Å². The van der Waals surface area contributed by atoms with Gasteiger partial charge in [0, 0.05) is 18.9 Å². The maximum Gasteiger partial charge on any atom is 0.231 e. The van der Waals surface area contributed by atoms with Crippen LogP contribution in [0.2, 0.25) is 0 Å². The highest BCUT2D eigenvalue weighted by Gasteiger charge is 2.66. The van der Waals surface area contributed by atoms with Crippen LogP contribution in [0, 0.1) is 11.2 Å². The third-order valence-corrected chi connectivity index (χ3v) is 6.28. The molecule has 0 spiro atoms. The first kappa shape index (κ1) is 18.1. The Morgan fingerprint density at radius 2 is 1.93 bits per heavy atom. The van der Waals surface area contributed by atoms with Crippen LogP contribution in [0.25, 0.3) is 0 Å².